The van der Waals surface area contributed by atoms with E-state index in [1.807, 2.05) is 6.92 Å². The monoisotopic (exact) mass is 410 g/mol. The summed E-state index contributed by atoms with van der Waals surface area (Å²) in [5, 5.41) is 0. The maximum atomic E-state index is 13.1. The lowest BCUT2D eigenvalue weighted by Gasteiger charge is -2.36. The van der Waals surface area contributed by atoms with E-state index in [2.05, 4.69) is 25.8 Å². The fourth-order valence-corrected chi connectivity index (χ4v) is 4.38. The Hall–Kier alpha value is -2.05. The second-order valence-electron chi connectivity index (χ2n) is 8.52. The molecule has 160 valence electrons. The highest BCUT2D eigenvalue weighted by atomic mass is 19.4. The molecule has 3 atom stereocenters. The second-order valence-corrected chi connectivity index (χ2v) is 8.52. The lowest BCUT2D eigenvalue weighted by Crippen LogP contribution is -2.36. The molecule has 1 heterocycles. The van der Waals surface area contributed by atoms with Gasteiger partial charge in [0.25, 0.3) is 0 Å². The number of hydrogen-bond donors (Lipinski definition) is 0. The van der Waals surface area contributed by atoms with Gasteiger partial charge in [-0.05, 0) is 48.8 Å². The van der Waals surface area contributed by atoms with Crippen LogP contribution in [0.2, 0.25) is 0 Å². The predicted octanol–water partition coefficient (Wildman–Crippen LogP) is 5.62. The number of halogens is 3. The zero-order chi connectivity index (χ0) is 21.3. The Labute approximate surface area is 169 Å². The number of esters is 1. The minimum atomic E-state index is -4.45. The van der Waals surface area contributed by atoms with E-state index in [0.29, 0.717) is 41.0 Å². The Balaban J connectivity index is 1.85. The van der Waals surface area contributed by atoms with Gasteiger partial charge in [-0.3, -0.25) is 4.79 Å². The first kappa shape index (κ1) is 21.7. The smallest absolute Gasteiger partial charge is 0.416 e. The van der Waals surface area contributed by atoms with Crippen molar-refractivity contribution in [3.05, 3.63) is 29.6 Å². The van der Waals surface area contributed by atoms with Crippen LogP contribution in [0.5, 0.6) is 0 Å². The van der Waals surface area contributed by atoms with Crippen molar-refractivity contribution < 1.29 is 22.7 Å². The largest absolute Gasteiger partial charge is 0.461 e. The van der Waals surface area contributed by atoms with Crippen molar-refractivity contribution in [2.45, 2.75) is 72.2 Å². The molecule has 0 spiro atoms. The summed E-state index contributed by atoms with van der Waals surface area (Å²) in [4.78, 5) is 17.2. The highest BCUT2D eigenvalue weighted by Crippen LogP contribution is 2.36. The summed E-state index contributed by atoms with van der Waals surface area (Å²) in [6.45, 7) is 8.17. The number of fused-ring (bicyclic) bond motifs is 1. The molecule has 29 heavy (non-hydrogen) atoms. The molecule has 0 bridgehead atoms. The third-order valence-corrected chi connectivity index (χ3v) is 6.00. The van der Waals surface area contributed by atoms with Crippen LogP contribution in [0.15, 0.2) is 18.2 Å². The first-order valence-electron chi connectivity index (χ1n) is 10.4. The number of rotatable bonds is 5. The van der Waals surface area contributed by atoms with Crippen molar-refractivity contribution in [1.29, 1.82) is 0 Å². The minimum absolute atomic E-state index is 0.128. The maximum absolute atomic E-state index is 13.1. The molecule has 1 aliphatic carbocycles. The van der Waals surface area contributed by atoms with E-state index in [-0.39, 0.29) is 12.6 Å². The number of aromatic nitrogens is 2. The molecule has 0 aliphatic heterocycles. The van der Waals surface area contributed by atoms with E-state index in [1.54, 1.807) is 4.57 Å². The summed E-state index contributed by atoms with van der Waals surface area (Å²) >= 11 is 0. The van der Waals surface area contributed by atoms with Gasteiger partial charge in [0, 0.05) is 6.42 Å². The molecule has 3 rings (SSSR count). The third kappa shape index (κ3) is 4.75. The first-order chi connectivity index (χ1) is 13.6. The Morgan fingerprint density at radius 2 is 2.03 bits per heavy atom. The molecule has 1 aromatic heterocycles. The molecule has 1 unspecified atom stereocenters. The van der Waals surface area contributed by atoms with Crippen LogP contribution in [-0.2, 0) is 28.7 Å². The van der Waals surface area contributed by atoms with E-state index in [4.69, 9.17) is 4.74 Å². The Morgan fingerprint density at radius 3 is 2.66 bits per heavy atom. The van der Waals surface area contributed by atoms with Gasteiger partial charge < -0.3 is 9.30 Å². The number of nitrogens with zero attached hydrogens (tertiary/aromatic N) is 2. The highest BCUT2D eigenvalue weighted by molar-refractivity contribution is 5.80. The quantitative estimate of drug-likeness (QED) is 0.601. The number of alkyl halides is 3. The number of carbonyl (C=O) groups is 1. The van der Waals surface area contributed by atoms with Crippen LogP contribution in [0.25, 0.3) is 11.0 Å². The average molecular weight is 410 g/mol. The molecule has 7 heteroatoms. The van der Waals surface area contributed by atoms with E-state index >= 15 is 0 Å². The fourth-order valence-electron chi connectivity index (χ4n) is 4.38. The predicted molar refractivity (Wildman–Crippen MR) is 105 cm³/mol. The fraction of sp³-hybridized carbons (Fsp3) is 0.636. The van der Waals surface area contributed by atoms with Crippen molar-refractivity contribution in [1.82, 2.24) is 9.55 Å². The van der Waals surface area contributed by atoms with Crippen LogP contribution in [0, 0.1) is 17.8 Å². The van der Waals surface area contributed by atoms with Crippen molar-refractivity contribution in [2.24, 2.45) is 17.8 Å². The molecule has 2 aromatic rings. The van der Waals surface area contributed by atoms with E-state index in [1.165, 1.54) is 6.07 Å². The Morgan fingerprint density at radius 1 is 1.31 bits per heavy atom. The molecular weight excluding hydrogens is 381 g/mol. The van der Waals surface area contributed by atoms with E-state index in [0.717, 1.165) is 31.4 Å². The molecule has 1 saturated carbocycles. The second kappa shape index (κ2) is 8.36. The van der Waals surface area contributed by atoms with Crippen LogP contribution >= 0.6 is 0 Å². The zero-order valence-electron chi connectivity index (χ0n) is 17.4. The number of benzene rings is 1. The number of imidazole rings is 1. The molecule has 1 aliphatic rings. The van der Waals surface area contributed by atoms with Crippen LogP contribution in [0.1, 0.15) is 58.3 Å². The van der Waals surface area contributed by atoms with Gasteiger partial charge in [-0.15, -0.1) is 0 Å². The molecule has 4 nitrogen and oxygen atoms in total. The third-order valence-electron chi connectivity index (χ3n) is 6.00. The maximum Gasteiger partial charge on any atom is 0.416 e. The van der Waals surface area contributed by atoms with Gasteiger partial charge in [-0.25, -0.2) is 4.98 Å². The average Bonchev–Trinajstić information content (AvgIpc) is 2.97. The number of aryl methyl sites for hydroxylation is 1. The van der Waals surface area contributed by atoms with Crippen molar-refractivity contribution in [2.75, 3.05) is 0 Å². The van der Waals surface area contributed by atoms with Crippen molar-refractivity contribution in [3.63, 3.8) is 0 Å². The van der Waals surface area contributed by atoms with Crippen LogP contribution < -0.4 is 0 Å². The normalized spacial score (nSPS) is 23.0. The van der Waals surface area contributed by atoms with Crippen LogP contribution in [0.4, 0.5) is 13.2 Å². The highest BCUT2D eigenvalue weighted by Gasteiger charge is 2.34. The summed E-state index contributed by atoms with van der Waals surface area (Å²) in [6.07, 6.45) is -1.09. The minimum Gasteiger partial charge on any atom is -0.461 e. The van der Waals surface area contributed by atoms with Gasteiger partial charge in [0.05, 0.1) is 16.6 Å². The molecule has 0 radical (unpaired) electrons. The zero-order valence-corrected chi connectivity index (χ0v) is 17.4. The topological polar surface area (TPSA) is 44.1 Å². The summed E-state index contributed by atoms with van der Waals surface area (Å²) in [5.41, 5.74) is 0.0168. The van der Waals surface area contributed by atoms with Crippen molar-refractivity contribution >= 4 is 17.0 Å². The SMILES string of the molecule is CCc1nc2ccc(C(F)(F)F)cc2n1CC(=O)O[C@@H]1CC(C)CC[C@H]1C(C)C. The number of ether oxygens (including phenoxy) is 1. The van der Waals surface area contributed by atoms with E-state index in [9.17, 15) is 18.0 Å². The summed E-state index contributed by atoms with van der Waals surface area (Å²) in [5.74, 6) is 1.39. The first-order valence-corrected chi connectivity index (χ1v) is 10.4. The molecule has 1 aromatic carbocycles. The molecule has 0 N–H and O–H groups in total. The van der Waals surface area contributed by atoms with Crippen molar-refractivity contribution in [3.8, 4) is 0 Å². The molecule has 0 saturated heterocycles. The van der Waals surface area contributed by atoms with Crippen LogP contribution in [-0.4, -0.2) is 21.6 Å². The Kier molecular flexibility index (Phi) is 6.24. The molecule has 1 fully saturated rings. The van der Waals surface area contributed by atoms with E-state index < -0.39 is 17.7 Å². The van der Waals surface area contributed by atoms with Gasteiger partial charge >= 0.3 is 12.1 Å². The Bertz CT molecular complexity index is 873. The number of hydrogen-bond acceptors (Lipinski definition) is 3. The number of carbonyl (C=O) groups excluding carboxylic acids is 1. The molecule has 0 amide bonds. The van der Waals surface area contributed by atoms with Gasteiger partial charge in [-0.2, -0.15) is 13.2 Å². The van der Waals surface area contributed by atoms with Gasteiger partial charge in [0.1, 0.15) is 18.5 Å². The lowest BCUT2D eigenvalue weighted by atomic mass is 9.75. The summed E-state index contributed by atoms with van der Waals surface area (Å²) in [7, 11) is 0. The summed E-state index contributed by atoms with van der Waals surface area (Å²) < 4.78 is 46.8. The van der Waals surface area contributed by atoms with Gasteiger partial charge in [0.15, 0.2) is 0 Å². The lowest BCUT2D eigenvalue weighted by molar-refractivity contribution is -0.156. The van der Waals surface area contributed by atoms with Gasteiger partial charge in [-0.1, -0.05) is 34.1 Å². The molecular formula is C22H29F3N2O2. The summed E-state index contributed by atoms with van der Waals surface area (Å²) in [6, 6.07) is 3.44. The standard InChI is InChI=1S/C22H29F3N2O2/c1-5-20-26-17-9-7-15(22(23,24)25)11-18(17)27(20)12-21(28)29-19-10-14(4)6-8-16(19)13(2)3/h7,9,11,13-14,16,19H,5-6,8,10,12H2,1-4H3/t14?,16-,19+/m0/s1. The van der Waals surface area contributed by atoms with Crippen LogP contribution in [0.3, 0.4) is 0 Å². The van der Waals surface area contributed by atoms with Gasteiger partial charge in [0.2, 0.25) is 0 Å².